The molecule has 152 valence electrons. The lowest BCUT2D eigenvalue weighted by molar-refractivity contribution is -0.132. The van der Waals surface area contributed by atoms with Crippen molar-refractivity contribution in [2.24, 2.45) is 0 Å². The van der Waals surface area contributed by atoms with Gasteiger partial charge in [-0.15, -0.1) is 10.2 Å². The Kier molecular flexibility index (Phi) is 5.33. The lowest BCUT2D eigenvalue weighted by Gasteiger charge is -2.22. The number of Topliss-reactive ketones (excluding diaryl/α,β-unsaturated/α-hetero) is 1. The predicted octanol–water partition coefficient (Wildman–Crippen LogP) is 3.74. The van der Waals surface area contributed by atoms with Crippen molar-refractivity contribution >= 4 is 33.9 Å². The Morgan fingerprint density at radius 2 is 1.80 bits per heavy atom. The summed E-state index contributed by atoms with van der Waals surface area (Å²) in [5.41, 5.74) is 1.13. The Hall–Kier alpha value is -3.52. The number of amides is 1. The van der Waals surface area contributed by atoms with E-state index in [9.17, 15) is 14.7 Å². The minimum Gasteiger partial charge on any atom is -0.507 e. The molecule has 0 radical (unpaired) electrons. The monoisotopic (exact) mass is 421 g/mol. The maximum Gasteiger partial charge on any atom is 0.301 e. The predicted molar refractivity (Wildman–Crippen MR) is 114 cm³/mol. The third kappa shape index (κ3) is 3.35. The molecule has 30 heavy (non-hydrogen) atoms. The normalized spacial score (nSPS) is 18.1. The van der Waals surface area contributed by atoms with Gasteiger partial charge in [-0.1, -0.05) is 60.7 Å². The molecule has 1 aromatic heterocycles. The van der Waals surface area contributed by atoms with Crippen LogP contribution >= 0.6 is 11.3 Å². The second-order valence-corrected chi connectivity index (χ2v) is 7.68. The van der Waals surface area contributed by atoms with E-state index in [1.165, 1.54) is 16.2 Å². The van der Waals surface area contributed by atoms with Crippen molar-refractivity contribution in [2.45, 2.75) is 19.4 Å². The molecule has 3 aromatic rings. The highest BCUT2D eigenvalue weighted by Gasteiger charge is 2.48. The minimum absolute atomic E-state index is 0.0182. The van der Waals surface area contributed by atoms with Crippen molar-refractivity contribution in [3.8, 4) is 5.75 Å². The largest absolute Gasteiger partial charge is 0.507 e. The van der Waals surface area contributed by atoms with Gasteiger partial charge in [-0.3, -0.25) is 14.5 Å². The smallest absolute Gasteiger partial charge is 0.301 e. The van der Waals surface area contributed by atoms with Crippen LogP contribution in [0.25, 0.3) is 5.76 Å². The second-order valence-electron chi connectivity index (χ2n) is 6.64. The van der Waals surface area contributed by atoms with E-state index in [0.29, 0.717) is 28.4 Å². The van der Waals surface area contributed by atoms with Gasteiger partial charge in [0.2, 0.25) is 5.13 Å². The molecule has 1 saturated heterocycles. The zero-order chi connectivity index (χ0) is 21.3. The summed E-state index contributed by atoms with van der Waals surface area (Å²) in [6, 6.07) is 14.9. The number of aryl methyl sites for hydroxylation is 1. The third-order valence-corrected chi connectivity index (χ3v) is 5.95. The van der Waals surface area contributed by atoms with Crippen LogP contribution in [-0.4, -0.2) is 34.1 Å². The Morgan fingerprint density at radius 1 is 1.10 bits per heavy atom. The molecule has 0 bridgehead atoms. The van der Waals surface area contributed by atoms with Gasteiger partial charge in [0.05, 0.1) is 18.7 Å². The first kappa shape index (κ1) is 19.8. The Morgan fingerprint density at radius 3 is 2.40 bits per heavy atom. The number of hydrogen-bond donors (Lipinski definition) is 1. The molecule has 1 N–H and O–H groups in total. The van der Waals surface area contributed by atoms with Crippen molar-refractivity contribution in [2.75, 3.05) is 12.0 Å². The number of methoxy groups -OCH3 is 1. The Bertz CT molecular complexity index is 1120. The fraction of sp³-hybridized carbons (Fsp3) is 0.182. The summed E-state index contributed by atoms with van der Waals surface area (Å²) in [5.74, 6) is -1.09. The van der Waals surface area contributed by atoms with Crippen LogP contribution < -0.4 is 9.64 Å². The van der Waals surface area contributed by atoms with Crippen LogP contribution in [0.2, 0.25) is 0 Å². The molecule has 0 aliphatic carbocycles. The Balaban J connectivity index is 1.91. The molecule has 7 nitrogen and oxygen atoms in total. The van der Waals surface area contributed by atoms with Crippen LogP contribution in [0.5, 0.6) is 5.75 Å². The molecule has 1 atom stereocenters. The number of carbonyl (C=O) groups is 2. The number of aliphatic hydroxyl groups is 1. The standard InChI is InChI=1S/C22H19N3O4S/c1-3-16-23-24-22(30-16)25-18(13-9-11-15(29-2)12-10-13)17(20(27)21(25)28)19(26)14-7-5-4-6-8-14/h4-12,18,26H,3H2,1-2H3/b19-17+. The number of rotatable bonds is 5. The molecular weight excluding hydrogens is 402 g/mol. The fourth-order valence-corrected chi connectivity index (χ4v) is 4.17. The summed E-state index contributed by atoms with van der Waals surface area (Å²) in [6.07, 6.45) is 0.665. The highest BCUT2D eigenvalue weighted by atomic mass is 32.1. The van der Waals surface area contributed by atoms with Gasteiger partial charge >= 0.3 is 5.91 Å². The molecular formula is C22H19N3O4S. The minimum atomic E-state index is -0.825. The van der Waals surface area contributed by atoms with Crippen LogP contribution in [0.15, 0.2) is 60.2 Å². The number of hydrogen-bond acceptors (Lipinski definition) is 7. The number of aromatic nitrogens is 2. The van der Waals surface area contributed by atoms with E-state index in [1.807, 2.05) is 13.0 Å². The number of carbonyl (C=O) groups excluding carboxylic acids is 2. The van der Waals surface area contributed by atoms with Crippen LogP contribution in [0.1, 0.15) is 29.1 Å². The number of ketones is 1. The molecule has 0 saturated carbocycles. The second kappa shape index (κ2) is 8.08. The molecule has 4 rings (SSSR count). The van der Waals surface area contributed by atoms with E-state index in [-0.39, 0.29) is 11.3 Å². The average Bonchev–Trinajstić information content (AvgIpc) is 3.36. The van der Waals surface area contributed by atoms with Crippen molar-refractivity contribution < 1.29 is 19.4 Å². The average molecular weight is 421 g/mol. The van der Waals surface area contributed by atoms with Gasteiger partial charge in [-0.2, -0.15) is 0 Å². The maximum absolute atomic E-state index is 13.0. The maximum atomic E-state index is 13.0. The van der Waals surface area contributed by atoms with E-state index in [1.54, 1.807) is 55.6 Å². The molecule has 1 fully saturated rings. The molecule has 2 aromatic carbocycles. The summed E-state index contributed by atoms with van der Waals surface area (Å²) >= 11 is 1.25. The van der Waals surface area contributed by atoms with E-state index in [2.05, 4.69) is 10.2 Å². The van der Waals surface area contributed by atoms with Gasteiger partial charge in [-0.25, -0.2) is 0 Å². The van der Waals surface area contributed by atoms with E-state index in [0.717, 1.165) is 5.01 Å². The molecule has 8 heteroatoms. The lowest BCUT2D eigenvalue weighted by Crippen LogP contribution is -2.29. The van der Waals surface area contributed by atoms with Crippen LogP contribution in [0.3, 0.4) is 0 Å². The number of aliphatic hydroxyl groups excluding tert-OH is 1. The molecule has 2 heterocycles. The van der Waals surface area contributed by atoms with Gasteiger partial charge in [0.15, 0.2) is 0 Å². The van der Waals surface area contributed by atoms with Crippen LogP contribution in [0, 0.1) is 0 Å². The molecule has 1 unspecified atom stereocenters. The van der Waals surface area contributed by atoms with Gasteiger partial charge in [0, 0.05) is 5.56 Å². The van der Waals surface area contributed by atoms with Crippen molar-refractivity contribution in [3.63, 3.8) is 0 Å². The molecule has 1 amide bonds. The topological polar surface area (TPSA) is 92.6 Å². The van der Waals surface area contributed by atoms with Crippen LogP contribution in [0.4, 0.5) is 5.13 Å². The van der Waals surface area contributed by atoms with Crippen molar-refractivity contribution in [3.05, 3.63) is 76.3 Å². The summed E-state index contributed by atoms with van der Waals surface area (Å²) in [7, 11) is 1.56. The highest BCUT2D eigenvalue weighted by Crippen LogP contribution is 2.43. The van der Waals surface area contributed by atoms with E-state index >= 15 is 0 Å². The number of benzene rings is 2. The van der Waals surface area contributed by atoms with Gasteiger partial charge < -0.3 is 9.84 Å². The summed E-state index contributed by atoms with van der Waals surface area (Å²) in [5, 5.41) is 20.3. The van der Waals surface area contributed by atoms with Crippen molar-refractivity contribution in [1.29, 1.82) is 0 Å². The summed E-state index contributed by atoms with van der Waals surface area (Å²) in [6.45, 7) is 1.94. The van der Waals surface area contributed by atoms with Crippen molar-refractivity contribution in [1.82, 2.24) is 10.2 Å². The summed E-state index contributed by atoms with van der Waals surface area (Å²) < 4.78 is 5.22. The van der Waals surface area contributed by atoms with Gasteiger partial charge in [0.25, 0.3) is 5.78 Å². The quantitative estimate of drug-likeness (QED) is 0.383. The molecule has 1 aliphatic heterocycles. The number of nitrogens with zero attached hydrogens (tertiary/aromatic N) is 3. The molecule has 0 spiro atoms. The van der Waals surface area contributed by atoms with Gasteiger partial charge in [0.1, 0.15) is 16.5 Å². The fourth-order valence-electron chi connectivity index (χ4n) is 3.37. The van der Waals surface area contributed by atoms with E-state index in [4.69, 9.17) is 4.74 Å². The zero-order valence-electron chi connectivity index (χ0n) is 16.4. The SMILES string of the molecule is CCc1nnc(N2C(=O)C(=O)/C(=C(/O)c3ccccc3)C2c2ccc(OC)cc2)s1. The molecule has 1 aliphatic rings. The Labute approximate surface area is 177 Å². The third-order valence-electron chi connectivity index (χ3n) is 4.89. The first-order valence-electron chi connectivity index (χ1n) is 9.38. The van der Waals surface area contributed by atoms with Crippen LogP contribution in [-0.2, 0) is 16.0 Å². The first-order chi connectivity index (χ1) is 14.5. The number of ether oxygens (including phenoxy) is 1. The van der Waals surface area contributed by atoms with E-state index < -0.39 is 17.7 Å². The zero-order valence-corrected chi connectivity index (χ0v) is 17.2. The number of anilines is 1. The summed E-state index contributed by atoms with van der Waals surface area (Å²) in [4.78, 5) is 27.3. The lowest BCUT2D eigenvalue weighted by atomic mass is 9.95. The first-order valence-corrected chi connectivity index (χ1v) is 10.2. The highest BCUT2D eigenvalue weighted by molar-refractivity contribution is 7.15. The van der Waals surface area contributed by atoms with Gasteiger partial charge in [-0.05, 0) is 24.1 Å².